The summed E-state index contributed by atoms with van der Waals surface area (Å²) >= 11 is 2.88. The molecule has 1 amide bonds. The molecule has 0 bridgehead atoms. The van der Waals surface area contributed by atoms with Gasteiger partial charge in [-0.3, -0.25) is 4.79 Å². The fraction of sp³-hybridized carbons (Fsp3) is 0.250. The number of nitrogens with two attached hydrogens (primary N) is 1. The summed E-state index contributed by atoms with van der Waals surface area (Å²) in [6, 6.07) is 3.98. The standard InChI is InChI=1S/C8H9N5OS2/c9-7(14)5-16-8-10-11-12-13(8)4-6-2-1-3-15-6/h1-3H,4-5H2,(H2,9,14). The van der Waals surface area contributed by atoms with Crippen molar-refractivity contribution in [3.63, 3.8) is 0 Å². The molecule has 16 heavy (non-hydrogen) atoms. The Morgan fingerprint density at radius 1 is 1.62 bits per heavy atom. The first-order chi connectivity index (χ1) is 7.75. The van der Waals surface area contributed by atoms with Crippen molar-refractivity contribution in [2.24, 2.45) is 5.73 Å². The fourth-order valence-electron chi connectivity index (χ4n) is 1.08. The lowest BCUT2D eigenvalue weighted by Gasteiger charge is -2.00. The Morgan fingerprint density at radius 3 is 3.19 bits per heavy atom. The third-order valence-electron chi connectivity index (χ3n) is 1.73. The second kappa shape index (κ2) is 5.08. The average molecular weight is 255 g/mol. The van der Waals surface area contributed by atoms with Gasteiger partial charge in [0.1, 0.15) is 0 Å². The van der Waals surface area contributed by atoms with Gasteiger partial charge < -0.3 is 5.73 Å². The lowest BCUT2D eigenvalue weighted by atomic mass is 10.5. The summed E-state index contributed by atoms with van der Waals surface area (Å²) in [5.41, 5.74) is 5.06. The number of thiophene rings is 1. The van der Waals surface area contributed by atoms with E-state index < -0.39 is 0 Å². The summed E-state index contributed by atoms with van der Waals surface area (Å²) < 4.78 is 1.65. The van der Waals surface area contributed by atoms with Crippen LogP contribution in [0.1, 0.15) is 4.88 Å². The number of rotatable bonds is 5. The lowest BCUT2D eigenvalue weighted by molar-refractivity contribution is -0.115. The van der Waals surface area contributed by atoms with Gasteiger partial charge in [-0.2, -0.15) is 0 Å². The van der Waals surface area contributed by atoms with Gasteiger partial charge in [0.15, 0.2) is 0 Å². The van der Waals surface area contributed by atoms with E-state index in [9.17, 15) is 4.79 Å². The van der Waals surface area contributed by atoms with Gasteiger partial charge in [0, 0.05) is 4.88 Å². The maximum atomic E-state index is 10.6. The third kappa shape index (κ3) is 2.80. The molecule has 0 aromatic carbocycles. The smallest absolute Gasteiger partial charge is 0.227 e. The highest BCUT2D eigenvalue weighted by atomic mass is 32.2. The number of primary amides is 1. The molecule has 2 heterocycles. The second-order valence-corrected chi connectivity index (χ2v) is 4.93. The molecule has 84 valence electrons. The Balaban J connectivity index is 2.04. The zero-order valence-corrected chi connectivity index (χ0v) is 9.87. The van der Waals surface area contributed by atoms with Gasteiger partial charge in [-0.05, 0) is 21.9 Å². The number of aromatic nitrogens is 4. The minimum absolute atomic E-state index is 0.185. The van der Waals surface area contributed by atoms with E-state index in [4.69, 9.17) is 5.73 Å². The van der Waals surface area contributed by atoms with Gasteiger partial charge in [0.2, 0.25) is 11.1 Å². The number of carbonyl (C=O) groups is 1. The van der Waals surface area contributed by atoms with Crippen LogP contribution in [0.2, 0.25) is 0 Å². The molecule has 0 spiro atoms. The molecule has 0 aliphatic heterocycles. The van der Waals surface area contributed by atoms with Crippen molar-refractivity contribution in [3.8, 4) is 0 Å². The van der Waals surface area contributed by atoms with E-state index in [1.54, 1.807) is 16.0 Å². The Hall–Kier alpha value is -1.41. The number of nitrogens with zero attached hydrogens (tertiary/aromatic N) is 4. The summed E-state index contributed by atoms with van der Waals surface area (Å²) in [5.74, 6) is -0.194. The molecule has 2 aromatic rings. The van der Waals surface area contributed by atoms with Crippen LogP contribution in [0.25, 0.3) is 0 Å². The highest BCUT2D eigenvalue weighted by Crippen LogP contribution is 2.16. The number of carbonyl (C=O) groups excluding carboxylic acids is 1. The van der Waals surface area contributed by atoms with Gasteiger partial charge in [-0.1, -0.05) is 17.8 Å². The van der Waals surface area contributed by atoms with Crippen LogP contribution in [-0.2, 0) is 11.3 Å². The molecule has 0 aliphatic carbocycles. The number of hydrogen-bond acceptors (Lipinski definition) is 6. The Bertz CT molecular complexity index is 466. The summed E-state index contributed by atoms with van der Waals surface area (Å²) in [6.45, 7) is 0.617. The molecular weight excluding hydrogens is 246 g/mol. The van der Waals surface area contributed by atoms with E-state index in [-0.39, 0.29) is 11.7 Å². The van der Waals surface area contributed by atoms with Crippen LogP contribution in [0, 0.1) is 0 Å². The zero-order valence-electron chi connectivity index (χ0n) is 8.24. The molecule has 0 aliphatic rings. The Morgan fingerprint density at radius 2 is 2.50 bits per heavy atom. The van der Waals surface area contributed by atoms with Crippen molar-refractivity contribution < 1.29 is 4.79 Å². The molecule has 0 saturated carbocycles. The van der Waals surface area contributed by atoms with E-state index in [2.05, 4.69) is 15.5 Å². The summed E-state index contributed by atoms with van der Waals surface area (Å²) in [4.78, 5) is 11.8. The van der Waals surface area contributed by atoms with E-state index in [0.717, 1.165) is 4.88 Å². The third-order valence-corrected chi connectivity index (χ3v) is 3.57. The van der Waals surface area contributed by atoms with Crippen LogP contribution in [0.4, 0.5) is 0 Å². The summed E-state index contributed by atoms with van der Waals surface area (Å²) in [7, 11) is 0. The molecule has 2 rings (SSSR count). The lowest BCUT2D eigenvalue weighted by Crippen LogP contribution is -2.14. The van der Waals surface area contributed by atoms with Crippen molar-refractivity contribution in [1.82, 2.24) is 20.2 Å². The maximum Gasteiger partial charge on any atom is 0.227 e. The van der Waals surface area contributed by atoms with E-state index in [1.807, 2.05) is 17.5 Å². The molecule has 2 aromatic heterocycles. The normalized spacial score (nSPS) is 10.5. The molecule has 0 radical (unpaired) electrons. The monoisotopic (exact) mass is 255 g/mol. The first-order valence-electron chi connectivity index (χ1n) is 4.45. The second-order valence-electron chi connectivity index (χ2n) is 2.95. The van der Waals surface area contributed by atoms with Crippen LogP contribution in [-0.4, -0.2) is 31.9 Å². The average Bonchev–Trinajstić information content (AvgIpc) is 2.87. The predicted molar refractivity (Wildman–Crippen MR) is 61.2 cm³/mol. The number of amides is 1. The van der Waals surface area contributed by atoms with Crippen molar-refractivity contribution in [2.75, 3.05) is 5.75 Å². The van der Waals surface area contributed by atoms with Crippen molar-refractivity contribution in [3.05, 3.63) is 22.4 Å². The van der Waals surface area contributed by atoms with E-state index in [1.165, 1.54) is 11.8 Å². The maximum absolute atomic E-state index is 10.6. The largest absolute Gasteiger partial charge is 0.369 e. The first kappa shape index (κ1) is 11.1. The Kier molecular flexibility index (Phi) is 3.52. The molecule has 8 heteroatoms. The van der Waals surface area contributed by atoms with Crippen LogP contribution in [0.15, 0.2) is 22.7 Å². The number of hydrogen-bond donors (Lipinski definition) is 1. The van der Waals surface area contributed by atoms with Crippen molar-refractivity contribution >= 4 is 29.0 Å². The topological polar surface area (TPSA) is 86.7 Å². The minimum Gasteiger partial charge on any atom is -0.369 e. The predicted octanol–water partition coefficient (Wildman–Crippen LogP) is 0.360. The van der Waals surface area contributed by atoms with Crippen LogP contribution in [0.3, 0.4) is 0 Å². The Labute approximate surface area is 99.8 Å². The molecule has 0 unspecified atom stereocenters. The van der Waals surface area contributed by atoms with Crippen molar-refractivity contribution in [2.45, 2.75) is 11.7 Å². The van der Waals surface area contributed by atoms with Gasteiger partial charge in [0.25, 0.3) is 0 Å². The quantitative estimate of drug-likeness (QED) is 0.779. The highest BCUT2D eigenvalue weighted by molar-refractivity contribution is 7.99. The fourth-order valence-corrected chi connectivity index (χ4v) is 2.39. The van der Waals surface area contributed by atoms with Crippen LogP contribution >= 0.6 is 23.1 Å². The number of thioether (sulfide) groups is 1. The number of tetrazole rings is 1. The molecule has 0 fully saturated rings. The molecule has 6 nitrogen and oxygen atoms in total. The van der Waals surface area contributed by atoms with E-state index in [0.29, 0.717) is 11.7 Å². The SMILES string of the molecule is NC(=O)CSc1nnnn1Cc1cccs1. The molecule has 0 saturated heterocycles. The first-order valence-corrected chi connectivity index (χ1v) is 6.32. The van der Waals surface area contributed by atoms with Crippen molar-refractivity contribution in [1.29, 1.82) is 0 Å². The van der Waals surface area contributed by atoms with Gasteiger partial charge in [-0.25, -0.2) is 4.68 Å². The molecular formula is C8H9N5OS2. The van der Waals surface area contributed by atoms with Gasteiger partial charge in [0.05, 0.1) is 12.3 Å². The van der Waals surface area contributed by atoms with E-state index >= 15 is 0 Å². The van der Waals surface area contributed by atoms with Gasteiger partial charge >= 0.3 is 0 Å². The highest BCUT2D eigenvalue weighted by Gasteiger charge is 2.08. The van der Waals surface area contributed by atoms with Crippen LogP contribution in [0.5, 0.6) is 0 Å². The zero-order chi connectivity index (χ0) is 11.4. The minimum atomic E-state index is -0.379. The van der Waals surface area contributed by atoms with Crippen LogP contribution < -0.4 is 5.73 Å². The summed E-state index contributed by atoms with van der Waals surface area (Å²) in [5, 5.41) is 13.9. The van der Waals surface area contributed by atoms with Gasteiger partial charge in [-0.15, -0.1) is 16.4 Å². The molecule has 2 N–H and O–H groups in total. The molecule has 0 atom stereocenters. The summed E-state index contributed by atoms with van der Waals surface area (Å²) in [6.07, 6.45) is 0.